The molecule has 3 nitrogen and oxygen atoms in total. The van der Waals surface area contributed by atoms with Crippen LogP contribution in [0.3, 0.4) is 0 Å². The number of carbonyl (C=O) groups excluding carboxylic acids is 1. The molecule has 88 valence electrons. The van der Waals surface area contributed by atoms with E-state index in [9.17, 15) is 4.79 Å². The summed E-state index contributed by atoms with van der Waals surface area (Å²) in [7, 11) is 0. The van der Waals surface area contributed by atoms with Crippen LogP contribution in [-0.4, -0.2) is 24.0 Å². The summed E-state index contributed by atoms with van der Waals surface area (Å²) in [5.41, 5.74) is 1.20. The molecule has 0 atom stereocenters. The first-order chi connectivity index (χ1) is 7.75. The Morgan fingerprint density at radius 2 is 2.31 bits per heavy atom. The van der Waals surface area contributed by atoms with Crippen LogP contribution in [-0.2, 0) is 16.0 Å². The predicted octanol–water partition coefficient (Wildman–Crippen LogP) is 2.56. The van der Waals surface area contributed by atoms with Crippen molar-refractivity contribution in [2.24, 2.45) is 0 Å². The lowest BCUT2D eigenvalue weighted by Gasteiger charge is -2.19. The maximum atomic E-state index is 10.9. The summed E-state index contributed by atoms with van der Waals surface area (Å²) in [6.07, 6.45) is 3.57. The van der Waals surface area contributed by atoms with Gasteiger partial charge in [-0.15, -0.1) is 11.3 Å². The van der Waals surface area contributed by atoms with Crippen molar-refractivity contribution in [2.45, 2.75) is 38.5 Å². The van der Waals surface area contributed by atoms with Gasteiger partial charge >= 0.3 is 0 Å². The van der Waals surface area contributed by atoms with Gasteiger partial charge in [0.25, 0.3) is 0 Å². The van der Waals surface area contributed by atoms with Gasteiger partial charge in [0.15, 0.2) is 0 Å². The van der Waals surface area contributed by atoms with E-state index in [-0.39, 0.29) is 5.78 Å². The fourth-order valence-corrected chi connectivity index (χ4v) is 2.78. The SMILES string of the molecule is CC(=O)CCc1nc(C2CCOCC2)cs1. The number of nitrogens with zero attached hydrogens (tertiary/aromatic N) is 1. The smallest absolute Gasteiger partial charge is 0.130 e. The van der Waals surface area contributed by atoms with E-state index in [4.69, 9.17) is 4.74 Å². The van der Waals surface area contributed by atoms with Crippen molar-refractivity contribution in [2.75, 3.05) is 13.2 Å². The Labute approximate surface area is 99.8 Å². The molecule has 0 saturated carbocycles. The van der Waals surface area contributed by atoms with E-state index in [0.29, 0.717) is 12.3 Å². The molecule has 1 aliphatic rings. The average molecular weight is 239 g/mol. The second kappa shape index (κ2) is 5.55. The normalized spacial score (nSPS) is 17.6. The zero-order valence-electron chi connectivity index (χ0n) is 9.57. The highest BCUT2D eigenvalue weighted by molar-refractivity contribution is 7.09. The molecule has 0 amide bonds. The minimum absolute atomic E-state index is 0.239. The van der Waals surface area contributed by atoms with Crippen molar-refractivity contribution in [1.82, 2.24) is 4.98 Å². The third kappa shape index (κ3) is 3.12. The molecule has 0 unspecified atom stereocenters. The molecule has 0 spiro atoms. The van der Waals surface area contributed by atoms with E-state index in [1.54, 1.807) is 18.3 Å². The number of hydrogen-bond donors (Lipinski definition) is 0. The molecule has 1 aromatic rings. The van der Waals surface area contributed by atoms with Gasteiger partial charge in [-0.05, 0) is 19.8 Å². The third-order valence-corrected chi connectivity index (χ3v) is 3.83. The number of thiazole rings is 1. The number of Topliss-reactive ketones (excluding diaryl/α,β-unsaturated/α-hetero) is 1. The molecule has 0 bridgehead atoms. The first kappa shape index (κ1) is 11.7. The van der Waals surface area contributed by atoms with Gasteiger partial charge in [-0.25, -0.2) is 4.98 Å². The van der Waals surface area contributed by atoms with Gasteiger partial charge in [0, 0.05) is 37.4 Å². The number of hydrogen-bond acceptors (Lipinski definition) is 4. The fourth-order valence-electron chi connectivity index (χ4n) is 1.90. The van der Waals surface area contributed by atoms with Crippen molar-refractivity contribution >= 4 is 17.1 Å². The zero-order chi connectivity index (χ0) is 11.4. The van der Waals surface area contributed by atoms with Crippen molar-refractivity contribution in [1.29, 1.82) is 0 Å². The van der Waals surface area contributed by atoms with Crippen LogP contribution in [0.25, 0.3) is 0 Å². The van der Waals surface area contributed by atoms with E-state index in [2.05, 4.69) is 10.4 Å². The summed E-state index contributed by atoms with van der Waals surface area (Å²) in [6, 6.07) is 0. The maximum Gasteiger partial charge on any atom is 0.130 e. The minimum atomic E-state index is 0.239. The molecule has 2 rings (SSSR count). The summed E-state index contributed by atoms with van der Waals surface area (Å²) in [5, 5.41) is 3.24. The molecular formula is C12H17NO2S. The molecular weight excluding hydrogens is 222 g/mol. The highest BCUT2D eigenvalue weighted by atomic mass is 32.1. The monoisotopic (exact) mass is 239 g/mol. The van der Waals surface area contributed by atoms with E-state index in [1.165, 1.54) is 5.69 Å². The van der Waals surface area contributed by atoms with E-state index in [0.717, 1.165) is 37.5 Å². The molecule has 16 heavy (non-hydrogen) atoms. The number of aromatic nitrogens is 1. The van der Waals surface area contributed by atoms with Crippen molar-refractivity contribution < 1.29 is 9.53 Å². The number of carbonyl (C=O) groups is 1. The van der Waals surface area contributed by atoms with Crippen LogP contribution in [0.4, 0.5) is 0 Å². The van der Waals surface area contributed by atoms with Gasteiger partial charge in [0.1, 0.15) is 5.78 Å². The van der Waals surface area contributed by atoms with Gasteiger partial charge in [-0.2, -0.15) is 0 Å². The molecule has 4 heteroatoms. The standard InChI is InChI=1S/C12H17NO2S/c1-9(14)2-3-12-13-11(8-16-12)10-4-6-15-7-5-10/h8,10H,2-7H2,1H3. The Bertz CT molecular complexity index is 356. The van der Waals surface area contributed by atoms with Gasteiger partial charge in [-0.3, -0.25) is 0 Å². The van der Waals surface area contributed by atoms with Crippen LogP contribution < -0.4 is 0 Å². The quantitative estimate of drug-likeness (QED) is 0.810. The zero-order valence-corrected chi connectivity index (χ0v) is 10.4. The number of aryl methyl sites for hydroxylation is 1. The molecule has 2 heterocycles. The molecule has 0 aliphatic carbocycles. The van der Waals surface area contributed by atoms with Gasteiger partial charge in [0.2, 0.25) is 0 Å². The second-order valence-corrected chi connectivity index (χ2v) is 5.20. The van der Waals surface area contributed by atoms with Gasteiger partial charge < -0.3 is 9.53 Å². The summed E-state index contributed by atoms with van der Waals surface area (Å²) < 4.78 is 5.34. The predicted molar refractivity (Wildman–Crippen MR) is 63.9 cm³/mol. The Morgan fingerprint density at radius 3 is 3.00 bits per heavy atom. The van der Waals surface area contributed by atoms with E-state index >= 15 is 0 Å². The topological polar surface area (TPSA) is 39.2 Å². The van der Waals surface area contributed by atoms with E-state index < -0.39 is 0 Å². The fraction of sp³-hybridized carbons (Fsp3) is 0.667. The van der Waals surface area contributed by atoms with E-state index in [1.807, 2.05) is 0 Å². The average Bonchev–Trinajstić information content (AvgIpc) is 2.76. The molecule has 1 saturated heterocycles. The molecule has 1 aromatic heterocycles. The molecule has 0 N–H and O–H groups in total. The van der Waals surface area contributed by atoms with Crippen LogP contribution >= 0.6 is 11.3 Å². The van der Waals surface area contributed by atoms with Crippen LogP contribution in [0.15, 0.2) is 5.38 Å². The van der Waals surface area contributed by atoms with Crippen molar-refractivity contribution in [3.63, 3.8) is 0 Å². The Hall–Kier alpha value is -0.740. The van der Waals surface area contributed by atoms with Crippen LogP contribution in [0, 0.1) is 0 Å². The summed E-state index contributed by atoms with van der Waals surface area (Å²) >= 11 is 1.68. The summed E-state index contributed by atoms with van der Waals surface area (Å²) in [4.78, 5) is 15.5. The van der Waals surface area contributed by atoms with Gasteiger partial charge in [-0.1, -0.05) is 0 Å². The van der Waals surface area contributed by atoms with Crippen LogP contribution in [0.1, 0.15) is 42.8 Å². The maximum absolute atomic E-state index is 10.9. The Balaban J connectivity index is 1.93. The first-order valence-electron chi connectivity index (χ1n) is 5.77. The largest absolute Gasteiger partial charge is 0.381 e. The van der Waals surface area contributed by atoms with Crippen molar-refractivity contribution in [3.05, 3.63) is 16.1 Å². The lowest BCUT2D eigenvalue weighted by molar-refractivity contribution is -0.116. The molecule has 1 fully saturated rings. The van der Waals surface area contributed by atoms with Crippen LogP contribution in [0.5, 0.6) is 0 Å². The first-order valence-corrected chi connectivity index (χ1v) is 6.65. The molecule has 1 aliphatic heterocycles. The molecule has 0 aromatic carbocycles. The third-order valence-electron chi connectivity index (χ3n) is 2.90. The lowest BCUT2D eigenvalue weighted by atomic mass is 9.97. The lowest BCUT2D eigenvalue weighted by Crippen LogP contribution is -2.14. The Morgan fingerprint density at radius 1 is 1.56 bits per heavy atom. The number of ether oxygens (including phenoxy) is 1. The van der Waals surface area contributed by atoms with Crippen LogP contribution in [0.2, 0.25) is 0 Å². The highest BCUT2D eigenvalue weighted by Crippen LogP contribution is 2.28. The highest BCUT2D eigenvalue weighted by Gasteiger charge is 2.18. The van der Waals surface area contributed by atoms with Crippen molar-refractivity contribution in [3.8, 4) is 0 Å². The number of rotatable bonds is 4. The Kier molecular flexibility index (Phi) is 4.07. The summed E-state index contributed by atoms with van der Waals surface area (Å²) in [5.74, 6) is 0.805. The van der Waals surface area contributed by atoms with Gasteiger partial charge in [0.05, 0.1) is 10.7 Å². The number of ketones is 1. The minimum Gasteiger partial charge on any atom is -0.381 e. The summed E-state index contributed by atoms with van der Waals surface area (Å²) in [6.45, 7) is 3.34. The second-order valence-electron chi connectivity index (χ2n) is 4.25. The molecule has 0 radical (unpaired) electrons.